The number of nitrogens with one attached hydrogen (secondary N) is 1. The van der Waals surface area contributed by atoms with E-state index in [1.807, 2.05) is 16.3 Å². The van der Waals surface area contributed by atoms with E-state index in [0.717, 1.165) is 80.9 Å². The third kappa shape index (κ3) is 5.13. The van der Waals surface area contributed by atoms with Gasteiger partial charge in [0.1, 0.15) is 0 Å². The molecular formula is C31H39F2N7OS. The first kappa shape index (κ1) is 27.9. The average molecular weight is 596 g/mol. The summed E-state index contributed by atoms with van der Waals surface area (Å²) in [7, 11) is 0. The summed E-state index contributed by atoms with van der Waals surface area (Å²) in [6.07, 6.45) is 4.47. The molecule has 0 aliphatic carbocycles. The van der Waals surface area contributed by atoms with Crippen LogP contribution in [0.15, 0.2) is 23.0 Å². The van der Waals surface area contributed by atoms with E-state index in [9.17, 15) is 13.6 Å². The predicted molar refractivity (Wildman–Crippen MR) is 161 cm³/mol. The summed E-state index contributed by atoms with van der Waals surface area (Å²) in [6.45, 7) is 7.84. The molecule has 224 valence electrons. The van der Waals surface area contributed by atoms with Gasteiger partial charge in [-0.15, -0.1) is 11.3 Å². The Balaban J connectivity index is 1.24. The van der Waals surface area contributed by atoms with Crippen LogP contribution in [0.25, 0.3) is 11.3 Å². The van der Waals surface area contributed by atoms with Gasteiger partial charge in [-0.3, -0.25) is 14.4 Å². The van der Waals surface area contributed by atoms with Crippen molar-refractivity contribution in [2.24, 2.45) is 0 Å². The number of carbonyl (C=O) groups excluding carboxylic acids is 1. The number of aromatic nitrogens is 3. The average Bonchev–Trinajstić information content (AvgIpc) is 3.69. The van der Waals surface area contributed by atoms with E-state index in [1.54, 1.807) is 18.5 Å². The van der Waals surface area contributed by atoms with Crippen molar-refractivity contribution in [2.45, 2.75) is 76.9 Å². The first-order chi connectivity index (χ1) is 20.5. The minimum absolute atomic E-state index is 0.00906. The van der Waals surface area contributed by atoms with Gasteiger partial charge in [-0.25, -0.2) is 13.8 Å². The van der Waals surface area contributed by atoms with Gasteiger partial charge in [0.2, 0.25) is 5.91 Å². The Hall–Kier alpha value is -2.89. The van der Waals surface area contributed by atoms with Crippen LogP contribution in [-0.2, 0) is 24.2 Å². The van der Waals surface area contributed by atoms with Crippen LogP contribution in [0.2, 0.25) is 0 Å². The Labute approximate surface area is 249 Å². The molecular weight excluding hydrogens is 556 g/mol. The second-order valence-electron chi connectivity index (χ2n) is 12.1. The van der Waals surface area contributed by atoms with Gasteiger partial charge in [-0.2, -0.15) is 5.10 Å². The number of rotatable bonds is 5. The summed E-state index contributed by atoms with van der Waals surface area (Å²) in [6, 6.07) is 4.51. The Morgan fingerprint density at radius 2 is 1.93 bits per heavy atom. The number of nitrogens with zero attached hydrogens (tertiary/aromatic N) is 6. The van der Waals surface area contributed by atoms with Crippen LogP contribution < -0.4 is 10.2 Å². The quantitative estimate of drug-likeness (QED) is 0.431. The number of aryl methyl sites for hydroxylation is 1. The number of hydrogen-bond acceptors (Lipinski definition) is 7. The number of thiazole rings is 1. The number of hydrogen-bond donors (Lipinski definition) is 1. The van der Waals surface area contributed by atoms with E-state index >= 15 is 0 Å². The molecule has 3 aromatic rings. The predicted octanol–water partition coefficient (Wildman–Crippen LogP) is 5.32. The van der Waals surface area contributed by atoms with Crippen molar-refractivity contribution < 1.29 is 13.6 Å². The summed E-state index contributed by atoms with van der Waals surface area (Å²) >= 11 is 1.41. The highest BCUT2D eigenvalue weighted by Gasteiger charge is 2.35. The van der Waals surface area contributed by atoms with Crippen LogP contribution >= 0.6 is 11.3 Å². The molecule has 0 radical (unpaired) electrons. The first-order valence-electron chi connectivity index (χ1n) is 15.4. The van der Waals surface area contributed by atoms with E-state index in [-0.39, 0.29) is 11.5 Å². The van der Waals surface area contributed by atoms with Crippen LogP contribution in [0, 0.1) is 0 Å². The zero-order valence-corrected chi connectivity index (χ0v) is 25.0. The van der Waals surface area contributed by atoms with Crippen molar-refractivity contribution in [1.82, 2.24) is 29.9 Å². The number of halogens is 2. The standard InChI is InChI=1S/C31H39F2N7OS/c1-20(41)38-13-8-28-26(17-38)31(36-40(28)22-6-11-37(12-7-22)23-5-2-9-34-16-23)39-10-3-4-21-14-24(27-18-42-19-35-27)25(30(32)33)15-29(21)39/h14-15,18-19,22-23,30,34H,2-13,16-17H2,1H3/t23-/m1/s1. The molecule has 1 atom stereocenters. The molecule has 2 saturated heterocycles. The number of piperidine rings is 2. The van der Waals surface area contributed by atoms with Crippen LogP contribution in [0.1, 0.15) is 73.9 Å². The van der Waals surface area contributed by atoms with E-state index in [1.165, 1.54) is 29.9 Å². The highest BCUT2D eigenvalue weighted by molar-refractivity contribution is 7.07. The highest BCUT2D eigenvalue weighted by Crippen LogP contribution is 2.43. The number of benzene rings is 1. The number of anilines is 2. The Kier molecular flexibility index (Phi) is 7.74. The SMILES string of the molecule is CC(=O)N1CCc2c(c(N3CCCc4cc(-c5cscn5)c(C(F)F)cc43)nn2C2CCN([C@@H]3CCCNC3)CC2)C1. The molecule has 0 unspecified atom stereocenters. The van der Waals surface area contributed by atoms with Crippen molar-refractivity contribution >= 4 is 28.7 Å². The van der Waals surface area contributed by atoms with E-state index in [0.29, 0.717) is 43.0 Å². The molecule has 0 saturated carbocycles. The zero-order valence-electron chi connectivity index (χ0n) is 24.2. The van der Waals surface area contributed by atoms with Crippen molar-refractivity contribution in [3.8, 4) is 11.3 Å². The van der Waals surface area contributed by atoms with Crippen LogP contribution in [0.4, 0.5) is 20.3 Å². The van der Waals surface area contributed by atoms with Crippen LogP contribution in [0.5, 0.6) is 0 Å². The Morgan fingerprint density at radius 1 is 1.07 bits per heavy atom. The van der Waals surface area contributed by atoms with Crippen LogP contribution in [-0.4, -0.2) is 75.8 Å². The van der Waals surface area contributed by atoms with E-state index < -0.39 is 6.43 Å². The minimum Gasteiger partial charge on any atom is -0.338 e. The van der Waals surface area contributed by atoms with Crippen molar-refractivity contribution in [3.05, 3.63) is 45.4 Å². The maximum absolute atomic E-state index is 14.4. The third-order valence-electron chi connectivity index (χ3n) is 9.71. The lowest BCUT2D eigenvalue weighted by atomic mass is 9.94. The summed E-state index contributed by atoms with van der Waals surface area (Å²) in [5, 5.41) is 10.7. The molecule has 2 fully saturated rings. The van der Waals surface area contributed by atoms with Gasteiger partial charge in [0.25, 0.3) is 6.43 Å². The second-order valence-corrected chi connectivity index (χ2v) is 12.9. The Morgan fingerprint density at radius 3 is 2.64 bits per heavy atom. The molecule has 1 N–H and O–H groups in total. The van der Waals surface area contributed by atoms with Gasteiger partial charge in [0, 0.05) is 85.6 Å². The molecule has 4 aliphatic rings. The van der Waals surface area contributed by atoms with Gasteiger partial charge in [0.05, 0.1) is 23.8 Å². The number of likely N-dealkylation sites (tertiary alicyclic amines) is 1. The second kappa shape index (κ2) is 11.7. The molecule has 2 aromatic heterocycles. The largest absolute Gasteiger partial charge is 0.338 e. The smallest absolute Gasteiger partial charge is 0.264 e. The van der Waals surface area contributed by atoms with E-state index in [4.69, 9.17) is 5.10 Å². The molecule has 6 heterocycles. The van der Waals surface area contributed by atoms with Gasteiger partial charge in [-0.1, -0.05) is 0 Å². The lowest BCUT2D eigenvalue weighted by Gasteiger charge is -2.40. The summed E-state index contributed by atoms with van der Waals surface area (Å²) in [5.41, 5.74) is 6.95. The molecule has 0 bridgehead atoms. The van der Waals surface area contributed by atoms with Crippen LogP contribution in [0.3, 0.4) is 0 Å². The minimum atomic E-state index is -2.61. The molecule has 1 aromatic carbocycles. The maximum atomic E-state index is 14.4. The van der Waals surface area contributed by atoms with Gasteiger partial charge in [-0.05, 0) is 62.8 Å². The van der Waals surface area contributed by atoms with E-state index in [2.05, 4.69) is 24.8 Å². The van der Waals surface area contributed by atoms with Crippen molar-refractivity contribution in [2.75, 3.05) is 44.2 Å². The molecule has 0 spiro atoms. The number of alkyl halides is 2. The summed E-state index contributed by atoms with van der Waals surface area (Å²) < 4.78 is 31.1. The van der Waals surface area contributed by atoms with Gasteiger partial charge >= 0.3 is 0 Å². The fourth-order valence-electron chi connectivity index (χ4n) is 7.47. The lowest BCUT2D eigenvalue weighted by Crippen LogP contribution is -2.49. The first-order valence-corrected chi connectivity index (χ1v) is 16.3. The highest BCUT2D eigenvalue weighted by atomic mass is 32.1. The number of fused-ring (bicyclic) bond motifs is 2. The number of carbonyl (C=O) groups is 1. The summed E-state index contributed by atoms with van der Waals surface area (Å²) in [4.78, 5) is 23.5. The van der Waals surface area contributed by atoms with Crippen molar-refractivity contribution in [1.29, 1.82) is 0 Å². The molecule has 8 nitrogen and oxygen atoms in total. The Bertz CT molecular complexity index is 1430. The zero-order chi connectivity index (χ0) is 28.8. The lowest BCUT2D eigenvalue weighted by molar-refractivity contribution is -0.129. The fraction of sp³-hybridized carbons (Fsp3) is 0.581. The molecule has 1 amide bonds. The monoisotopic (exact) mass is 595 g/mol. The van der Waals surface area contributed by atoms with Crippen molar-refractivity contribution in [3.63, 3.8) is 0 Å². The molecule has 11 heteroatoms. The molecule has 42 heavy (non-hydrogen) atoms. The summed E-state index contributed by atoms with van der Waals surface area (Å²) in [5.74, 6) is 0.887. The van der Waals surface area contributed by atoms with Gasteiger partial charge < -0.3 is 15.1 Å². The third-order valence-corrected chi connectivity index (χ3v) is 10.3. The maximum Gasteiger partial charge on any atom is 0.264 e. The normalized spacial score (nSPS) is 22.0. The number of amides is 1. The molecule has 7 rings (SSSR count). The van der Waals surface area contributed by atoms with Gasteiger partial charge in [0.15, 0.2) is 5.82 Å². The molecule has 4 aliphatic heterocycles. The fourth-order valence-corrected chi connectivity index (χ4v) is 8.03. The topological polar surface area (TPSA) is 69.5 Å².